The van der Waals surface area contributed by atoms with Gasteiger partial charge in [0.2, 0.25) is 10.0 Å². The van der Waals surface area contributed by atoms with E-state index < -0.39 is 16.0 Å². The molecule has 0 aliphatic carbocycles. The van der Waals surface area contributed by atoms with Crippen molar-refractivity contribution in [2.75, 3.05) is 38.5 Å². The lowest BCUT2D eigenvalue weighted by atomic mass is 10.1. The Morgan fingerprint density at radius 3 is 2.26 bits per heavy atom. The summed E-state index contributed by atoms with van der Waals surface area (Å²) in [5.74, 6) is -0.717. The van der Waals surface area contributed by atoms with Crippen molar-refractivity contribution in [3.05, 3.63) is 0 Å². The van der Waals surface area contributed by atoms with E-state index >= 15 is 0 Å². The van der Waals surface area contributed by atoms with Gasteiger partial charge in [-0.2, -0.15) is 4.31 Å². The summed E-state index contributed by atoms with van der Waals surface area (Å²) in [6, 6.07) is 0. The Hall–Kier alpha value is -0.660. The quantitative estimate of drug-likeness (QED) is 0.737. The number of aliphatic carboxylic acids is 1. The second kappa shape index (κ2) is 7.21. The van der Waals surface area contributed by atoms with Crippen LogP contribution in [-0.2, 0) is 14.8 Å². The Morgan fingerprint density at radius 1 is 1.21 bits per heavy atom. The molecule has 112 valence electrons. The van der Waals surface area contributed by atoms with E-state index in [0.717, 1.165) is 26.1 Å². The number of piperazine rings is 1. The van der Waals surface area contributed by atoms with Crippen molar-refractivity contribution in [1.29, 1.82) is 0 Å². The molecule has 6 nitrogen and oxygen atoms in total. The Morgan fingerprint density at radius 2 is 1.79 bits per heavy atom. The Labute approximate surface area is 115 Å². The van der Waals surface area contributed by atoms with E-state index in [1.807, 2.05) is 0 Å². The fraction of sp³-hybridized carbons (Fsp3) is 0.917. The molecule has 0 atom stereocenters. The fourth-order valence-electron chi connectivity index (χ4n) is 2.02. The van der Waals surface area contributed by atoms with E-state index in [-0.39, 0.29) is 12.2 Å². The first-order valence-electron chi connectivity index (χ1n) is 6.73. The third-order valence-electron chi connectivity index (χ3n) is 3.32. The highest BCUT2D eigenvalue weighted by atomic mass is 32.2. The van der Waals surface area contributed by atoms with Crippen LogP contribution in [0.25, 0.3) is 0 Å². The number of hydrogen-bond acceptors (Lipinski definition) is 4. The highest BCUT2D eigenvalue weighted by Crippen LogP contribution is 2.11. The minimum atomic E-state index is -3.41. The second-order valence-corrected chi connectivity index (χ2v) is 7.47. The topological polar surface area (TPSA) is 77.9 Å². The number of sulfonamides is 1. The van der Waals surface area contributed by atoms with E-state index in [1.165, 1.54) is 4.31 Å². The van der Waals surface area contributed by atoms with Crippen molar-refractivity contribution < 1.29 is 18.3 Å². The molecule has 0 unspecified atom stereocenters. The van der Waals surface area contributed by atoms with E-state index in [1.54, 1.807) is 0 Å². The molecule has 1 aliphatic rings. The standard InChI is InChI=1S/C12H24N2O4S/c1-11(2)3-5-13-6-8-14(9-7-13)19(17,18)10-4-12(15)16/h11H,3-10H2,1-2H3,(H,15,16). The average Bonchev–Trinajstić information content (AvgIpc) is 2.34. The minimum absolute atomic E-state index is 0.297. The van der Waals surface area contributed by atoms with Crippen molar-refractivity contribution in [3.8, 4) is 0 Å². The number of carbonyl (C=O) groups is 1. The lowest BCUT2D eigenvalue weighted by Gasteiger charge is -2.34. The van der Waals surface area contributed by atoms with Gasteiger partial charge in [0.15, 0.2) is 0 Å². The summed E-state index contributed by atoms with van der Waals surface area (Å²) < 4.78 is 25.2. The van der Waals surface area contributed by atoms with Crippen LogP contribution in [0.2, 0.25) is 0 Å². The summed E-state index contributed by atoms with van der Waals surface area (Å²) in [5.41, 5.74) is 0. The zero-order chi connectivity index (χ0) is 14.5. The first-order chi connectivity index (χ1) is 8.81. The lowest BCUT2D eigenvalue weighted by molar-refractivity contribution is -0.136. The average molecular weight is 292 g/mol. The van der Waals surface area contributed by atoms with Crippen LogP contribution in [0, 0.1) is 5.92 Å². The summed E-state index contributed by atoms with van der Waals surface area (Å²) in [4.78, 5) is 12.7. The van der Waals surface area contributed by atoms with E-state index in [0.29, 0.717) is 19.0 Å². The van der Waals surface area contributed by atoms with Gasteiger partial charge >= 0.3 is 5.97 Å². The van der Waals surface area contributed by atoms with Gasteiger partial charge in [0.25, 0.3) is 0 Å². The number of rotatable bonds is 7. The van der Waals surface area contributed by atoms with Crippen molar-refractivity contribution in [2.45, 2.75) is 26.7 Å². The fourth-order valence-corrected chi connectivity index (χ4v) is 3.43. The molecule has 0 spiro atoms. The van der Waals surface area contributed by atoms with Crippen LogP contribution in [0.1, 0.15) is 26.7 Å². The van der Waals surface area contributed by atoms with E-state index in [4.69, 9.17) is 5.11 Å². The van der Waals surface area contributed by atoms with Crippen molar-refractivity contribution >= 4 is 16.0 Å². The molecule has 1 saturated heterocycles. The van der Waals surface area contributed by atoms with Crippen LogP contribution in [0.4, 0.5) is 0 Å². The summed E-state index contributed by atoms with van der Waals surface area (Å²) in [6.07, 6.45) is 0.793. The first kappa shape index (κ1) is 16.4. The maximum Gasteiger partial charge on any atom is 0.304 e. The molecule has 1 rings (SSSR count). The third kappa shape index (κ3) is 5.88. The Balaban J connectivity index is 2.38. The number of carboxylic acids is 1. The van der Waals surface area contributed by atoms with Gasteiger partial charge in [-0.15, -0.1) is 0 Å². The number of carboxylic acid groups (broad SMARTS) is 1. The van der Waals surface area contributed by atoms with Crippen LogP contribution >= 0.6 is 0 Å². The van der Waals surface area contributed by atoms with Gasteiger partial charge in [-0.25, -0.2) is 8.42 Å². The van der Waals surface area contributed by atoms with Gasteiger partial charge in [0.1, 0.15) is 0 Å². The summed E-state index contributed by atoms with van der Waals surface area (Å²) >= 11 is 0. The predicted molar refractivity (Wildman–Crippen MR) is 73.5 cm³/mol. The van der Waals surface area contributed by atoms with Gasteiger partial charge in [0, 0.05) is 26.2 Å². The maximum atomic E-state index is 11.9. The highest BCUT2D eigenvalue weighted by Gasteiger charge is 2.27. The van der Waals surface area contributed by atoms with Gasteiger partial charge in [-0.3, -0.25) is 4.79 Å². The molecular weight excluding hydrogens is 268 g/mol. The second-order valence-electron chi connectivity index (χ2n) is 5.38. The van der Waals surface area contributed by atoms with Crippen molar-refractivity contribution in [3.63, 3.8) is 0 Å². The first-order valence-corrected chi connectivity index (χ1v) is 8.34. The van der Waals surface area contributed by atoms with Crippen LogP contribution < -0.4 is 0 Å². The van der Waals surface area contributed by atoms with E-state index in [2.05, 4.69) is 18.7 Å². The maximum absolute atomic E-state index is 11.9. The van der Waals surface area contributed by atoms with Crippen molar-refractivity contribution in [2.24, 2.45) is 5.92 Å². The van der Waals surface area contributed by atoms with Gasteiger partial charge < -0.3 is 10.0 Å². The molecule has 0 aromatic rings. The smallest absolute Gasteiger partial charge is 0.304 e. The zero-order valence-corrected chi connectivity index (χ0v) is 12.5. The van der Waals surface area contributed by atoms with E-state index in [9.17, 15) is 13.2 Å². The molecule has 0 radical (unpaired) electrons. The molecule has 0 bridgehead atoms. The minimum Gasteiger partial charge on any atom is -0.481 e. The lowest BCUT2D eigenvalue weighted by Crippen LogP contribution is -2.49. The third-order valence-corrected chi connectivity index (χ3v) is 5.19. The number of nitrogens with zero attached hydrogens (tertiary/aromatic N) is 2. The Bertz CT molecular complexity index is 387. The van der Waals surface area contributed by atoms with Crippen LogP contribution in [0.15, 0.2) is 0 Å². The van der Waals surface area contributed by atoms with Gasteiger partial charge in [-0.1, -0.05) is 13.8 Å². The normalized spacial score (nSPS) is 18.9. The van der Waals surface area contributed by atoms with Crippen molar-refractivity contribution in [1.82, 2.24) is 9.21 Å². The molecule has 7 heteroatoms. The van der Waals surface area contributed by atoms with Gasteiger partial charge in [0.05, 0.1) is 12.2 Å². The molecule has 0 amide bonds. The van der Waals surface area contributed by atoms with Crippen LogP contribution in [-0.4, -0.2) is 67.2 Å². The predicted octanol–water partition coefficient (Wildman–Crippen LogP) is 0.455. The monoisotopic (exact) mass is 292 g/mol. The molecule has 1 N–H and O–H groups in total. The zero-order valence-electron chi connectivity index (χ0n) is 11.7. The molecule has 1 heterocycles. The SMILES string of the molecule is CC(C)CCN1CCN(S(=O)(=O)CCC(=O)O)CC1. The summed E-state index contributed by atoms with van der Waals surface area (Å²) in [5, 5.41) is 8.55. The van der Waals surface area contributed by atoms with Crippen LogP contribution in [0.3, 0.4) is 0 Å². The largest absolute Gasteiger partial charge is 0.481 e. The molecular formula is C12H24N2O4S. The molecule has 0 aromatic heterocycles. The summed E-state index contributed by atoms with van der Waals surface area (Å²) in [7, 11) is -3.41. The molecule has 0 saturated carbocycles. The molecule has 1 aliphatic heterocycles. The van der Waals surface area contributed by atoms with Gasteiger partial charge in [-0.05, 0) is 18.9 Å². The Kier molecular flexibility index (Phi) is 6.22. The molecule has 0 aromatic carbocycles. The highest BCUT2D eigenvalue weighted by molar-refractivity contribution is 7.89. The number of hydrogen-bond donors (Lipinski definition) is 1. The molecule has 1 fully saturated rings. The van der Waals surface area contributed by atoms with Crippen LogP contribution in [0.5, 0.6) is 0 Å². The molecule has 19 heavy (non-hydrogen) atoms. The summed E-state index contributed by atoms with van der Waals surface area (Å²) in [6.45, 7) is 7.76.